The van der Waals surface area contributed by atoms with Crippen LogP contribution in [0.2, 0.25) is 5.02 Å². The number of fused-ring (bicyclic) bond motifs is 1. The molecule has 0 aromatic heterocycles. The van der Waals surface area contributed by atoms with Gasteiger partial charge in [0.25, 0.3) is 0 Å². The summed E-state index contributed by atoms with van der Waals surface area (Å²) in [5.74, 6) is -0.702. The minimum atomic E-state index is -0.494. The number of benzene rings is 2. The van der Waals surface area contributed by atoms with E-state index in [1.807, 2.05) is 19.1 Å². The number of nitrogens with zero attached hydrogens (tertiary/aromatic N) is 1. The van der Waals surface area contributed by atoms with Crippen molar-refractivity contribution in [1.82, 2.24) is 0 Å². The molecule has 2 aromatic carbocycles. The van der Waals surface area contributed by atoms with Crippen molar-refractivity contribution < 1.29 is 14.0 Å². The number of aryl methyl sites for hydroxylation is 1. The predicted molar refractivity (Wildman–Crippen MR) is 101 cm³/mol. The van der Waals surface area contributed by atoms with Crippen LogP contribution in [-0.4, -0.2) is 18.4 Å². The normalized spacial score (nSPS) is 13.5. The third-order valence-electron chi connectivity index (χ3n) is 4.41. The number of hydrogen-bond donors (Lipinski definition) is 1. The molecule has 4 nitrogen and oxygen atoms in total. The van der Waals surface area contributed by atoms with Gasteiger partial charge in [-0.05, 0) is 48.7 Å². The molecule has 0 saturated heterocycles. The summed E-state index contributed by atoms with van der Waals surface area (Å²) in [7, 11) is 0. The van der Waals surface area contributed by atoms with Gasteiger partial charge in [-0.3, -0.25) is 9.59 Å². The zero-order valence-corrected chi connectivity index (χ0v) is 15.3. The largest absolute Gasteiger partial charge is 0.326 e. The number of rotatable bonds is 5. The van der Waals surface area contributed by atoms with Crippen LogP contribution < -0.4 is 10.2 Å². The first-order valence-corrected chi connectivity index (χ1v) is 9.03. The maximum absolute atomic E-state index is 13.8. The number of anilines is 2. The van der Waals surface area contributed by atoms with Crippen LogP contribution in [0.1, 0.15) is 30.9 Å². The van der Waals surface area contributed by atoms with Gasteiger partial charge in [-0.1, -0.05) is 24.6 Å². The average Bonchev–Trinajstić information content (AvgIpc) is 2.61. The zero-order chi connectivity index (χ0) is 18.7. The topological polar surface area (TPSA) is 49.4 Å². The van der Waals surface area contributed by atoms with Crippen molar-refractivity contribution in [1.29, 1.82) is 0 Å². The van der Waals surface area contributed by atoms with E-state index in [1.54, 1.807) is 17.0 Å². The molecule has 3 rings (SSSR count). The second kappa shape index (κ2) is 7.87. The Morgan fingerprint density at radius 3 is 2.81 bits per heavy atom. The van der Waals surface area contributed by atoms with Gasteiger partial charge in [-0.15, -0.1) is 0 Å². The molecule has 1 heterocycles. The summed E-state index contributed by atoms with van der Waals surface area (Å²) in [5, 5.41) is 3.02. The van der Waals surface area contributed by atoms with Gasteiger partial charge < -0.3 is 10.2 Å². The van der Waals surface area contributed by atoms with E-state index in [1.165, 1.54) is 12.1 Å². The molecule has 2 aromatic rings. The SMILES string of the molecule is CCCN1C(=O)CCc2cc(NC(=O)Cc3c(F)cccc3Cl)ccc21. The fourth-order valence-electron chi connectivity index (χ4n) is 3.17. The maximum atomic E-state index is 13.8. The quantitative estimate of drug-likeness (QED) is 0.845. The fraction of sp³-hybridized carbons (Fsp3) is 0.300. The van der Waals surface area contributed by atoms with Crippen LogP contribution in [0.3, 0.4) is 0 Å². The molecular weight excluding hydrogens is 355 g/mol. The Morgan fingerprint density at radius 2 is 2.08 bits per heavy atom. The Kier molecular flexibility index (Phi) is 5.57. The van der Waals surface area contributed by atoms with Crippen molar-refractivity contribution in [2.24, 2.45) is 0 Å². The molecule has 0 bridgehead atoms. The highest BCUT2D eigenvalue weighted by atomic mass is 35.5. The number of hydrogen-bond acceptors (Lipinski definition) is 2. The minimum Gasteiger partial charge on any atom is -0.326 e. The smallest absolute Gasteiger partial charge is 0.228 e. The monoisotopic (exact) mass is 374 g/mol. The highest BCUT2D eigenvalue weighted by molar-refractivity contribution is 6.31. The van der Waals surface area contributed by atoms with Gasteiger partial charge >= 0.3 is 0 Å². The summed E-state index contributed by atoms with van der Waals surface area (Å²) in [5.41, 5.74) is 2.74. The van der Waals surface area contributed by atoms with Crippen molar-refractivity contribution in [3.05, 3.63) is 58.4 Å². The summed E-state index contributed by atoms with van der Waals surface area (Å²) >= 11 is 5.97. The molecule has 0 saturated carbocycles. The second-order valence-electron chi connectivity index (χ2n) is 6.31. The summed E-state index contributed by atoms with van der Waals surface area (Å²) in [4.78, 5) is 26.2. The predicted octanol–water partition coefficient (Wildman–Crippen LogP) is 4.35. The molecule has 0 radical (unpaired) electrons. The van der Waals surface area contributed by atoms with E-state index >= 15 is 0 Å². The summed E-state index contributed by atoms with van der Waals surface area (Å²) < 4.78 is 13.8. The molecule has 26 heavy (non-hydrogen) atoms. The van der Waals surface area contributed by atoms with Crippen molar-refractivity contribution in [3.63, 3.8) is 0 Å². The first-order chi connectivity index (χ1) is 12.5. The highest BCUT2D eigenvalue weighted by Crippen LogP contribution is 2.30. The van der Waals surface area contributed by atoms with Crippen LogP contribution in [0.4, 0.5) is 15.8 Å². The van der Waals surface area contributed by atoms with Gasteiger partial charge in [-0.25, -0.2) is 4.39 Å². The first kappa shape index (κ1) is 18.4. The minimum absolute atomic E-state index is 0.130. The van der Waals surface area contributed by atoms with E-state index in [0.717, 1.165) is 17.7 Å². The number of amides is 2. The molecule has 6 heteroatoms. The van der Waals surface area contributed by atoms with E-state index < -0.39 is 5.82 Å². The molecule has 1 aliphatic heterocycles. The van der Waals surface area contributed by atoms with E-state index in [-0.39, 0.29) is 28.8 Å². The first-order valence-electron chi connectivity index (χ1n) is 8.65. The summed E-state index contributed by atoms with van der Waals surface area (Å²) in [6.45, 7) is 2.72. The summed E-state index contributed by atoms with van der Waals surface area (Å²) in [6.07, 6.45) is 1.86. The molecule has 2 amide bonds. The molecule has 1 aliphatic rings. The Morgan fingerprint density at radius 1 is 1.27 bits per heavy atom. The lowest BCUT2D eigenvalue weighted by molar-refractivity contribution is -0.119. The number of carbonyl (C=O) groups excluding carboxylic acids is 2. The molecule has 1 N–H and O–H groups in total. The molecule has 0 unspecified atom stereocenters. The Hall–Kier alpha value is -2.40. The number of carbonyl (C=O) groups is 2. The van der Waals surface area contributed by atoms with Gasteiger partial charge in [0.1, 0.15) is 5.82 Å². The Bertz CT molecular complexity index is 833. The second-order valence-corrected chi connectivity index (χ2v) is 6.72. The lowest BCUT2D eigenvalue weighted by Gasteiger charge is -2.29. The van der Waals surface area contributed by atoms with E-state index in [4.69, 9.17) is 11.6 Å². The van der Waals surface area contributed by atoms with Crippen LogP contribution in [0.25, 0.3) is 0 Å². The van der Waals surface area contributed by atoms with Crippen molar-refractivity contribution in [2.75, 3.05) is 16.8 Å². The van der Waals surface area contributed by atoms with E-state index in [0.29, 0.717) is 25.1 Å². The number of nitrogens with one attached hydrogen (secondary N) is 1. The third-order valence-corrected chi connectivity index (χ3v) is 4.76. The molecule has 0 spiro atoms. The van der Waals surface area contributed by atoms with E-state index in [2.05, 4.69) is 5.32 Å². The van der Waals surface area contributed by atoms with Gasteiger partial charge in [0.05, 0.1) is 6.42 Å². The van der Waals surface area contributed by atoms with Gasteiger partial charge in [-0.2, -0.15) is 0 Å². The lowest BCUT2D eigenvalue weighted by atomic mass is 10.00. The lowest BCUT2D eigenvalue weighted by Crippen LogP contribution is -2.35. The molecule has 0 atom stereocenters. The van der Waals surface area contributed by atoms with Crippen molar-refractivity contribution in [3.8, 4) is 0 Å². The van der Waals surface area contributed by atoms with Crippen LogP contribution in [0, 0.1) is 5.82 Å². The van der Waals surface area contributed by atoms with Crippen LogP contribution in [0.5, 0.6) is 0 Å². The number of halogens is 2. The zero-order valence-electron chi connectivity index (χ0n) is 14.5. The maximum Gasteiger partial charge on any atom is 0.228 e. The van der Waals surface area contributed by atoms with Gasteiger partial charge in [0.15, 0.2) is 0 Å². The van der Waals surface area contributed by atoms with Crippen LogP contribution in [-0.2, 0) is 22.4 Å². The van der Waals surface area contributed by atoms with Gasteiger partial charge in [0, 0.05) is 34.9 Å². The van der Waals surface area contributed by atoms with Crippen LogP contribution in [0.15, 0.2) is 36.4 Å². The molecular formula is C20H20ClFN2O2. The van der Waals surface area contributed by atoms with Crippen molar-refractivity contribution >= 4 is 34.8 Å². The van der Waals surface area contributed by atoms with E-state index in [9.17, 15) is 14.0 Å². The average molecular weight is 375 g/mol. The summed E-state index contributed by atoms with van der Waals surface area (Å²) in [6, 6.07) is 9.85. The fourth-order valence-corrected chi connectivity index (χ4v) is 3.40. The Balaban J connectivity index is 1.75. The van der Waals surface area contributed by atoms with Gasteiger partial charge in [0.2, 0.25) is 11.8 Å². The van der Waals surface area contributed by atoms with Crippen molar-refractivity contribution in [2.45, 2.75) is 32.6 Å². The molecule has 0 aliphatic carbocycles. The highest BCUT2D eigenvalue weighted by Gasteiger charge is 2.23. The standard InChI is InChI=1S/C20H20ClFN2O2/c1-2-10-24-18-8-7-14(11-13(18)6-9-20(24)26)23-19(25)12-15-16(21)4-3-5-17(15)22/h3-5,7-8,11H,2,6,9-10,12H2,1H3,(H,23,25). The molecule has 136 valence electrons. The molecule has 0 fully saturated rings. The Labute approximate surface area is 157 Å². The third kappa shape index (κ3) is 3.88. The van der Waals surface area contributed by atoms with Crippen LogP contribution >= 0.6 is 11.6 Å².